The van der Waals surface area contributed by atoms with Gasteiger partial charge in [0, 0.05) is 42.2 Å². The molecule has 3 heterocycles. The number of likely N-dealkylation sites (tertiary alicyclic amines) is 2. The zero-order valence-electron chi connectivity index (χ0n) is 18.1. The number of hydrogen-bond acceptors (Lipinski definition) is 4. The van der Waals surface area contributed by atoms with Gasteiger partial charge in [0.05, 0.1) is 11.4 Å². The van der Waals surface area contributed by atoms with Gasteiger partial charge in [-0.15, -0.1) is 11.8 Å². The summed E-state index contributed by atoms with van der Waals surface area (Å²) in [6.07, 6.45) is 6.72. The second-order valence-corrected chi connectivity index (χ2v) is 9.59. The van der Waals surface area contributed by atoms with E-state index in [9.17, 15) is 4.79 Å². The summed E-state index contributed by atoms with van der Waals surface area (Å²) in [7, 11) is 0. The first-order chi connectivity index (χ1) is 14.6. The van der Waals surface area contributed by atoms with E-state index in [1.807, 2.05) is 42.3 Å². The lowest BCUT2D eigenvalue weighted by molar-refractivity contribution is 0.0250. The van der Waals surface area contributed by atoms with Crippen LogP contribution < -0.4 is 5.32 Å². The molecule has 5 nitrogen and oxygen atoms in total. The summed E-state index contributed by atoms with van der Waals surface area (Å²) in [5.74, 6) is 0. The second-order valence-electron chi connectivity index (χ2n) is 8.74. The number of hydrogen-bond donors (Lipinski definition) is 1. The van der Waals surface area contributed by atoms with Gasteiger partial charge in [-0.2, -0.15) is 0 Å². The van der Waals surface area contributed by atoms with Crippen molar-refractivity contribution in [3.8, 4) is 0 Å². The number of amides is 2. The first-order valence-corrected chi connectivity index (χ1v) is 12.1. The zero-order chi connectivity index (χ0) is 21.0. The molecule has 4 rings (SSSR count). The molecule has 2 amide bonds. The van der Waals surface area contributed by atoms with E-state index in [0.29, 0.717) is 0 Å². The highest BCUT2D eigenvalue weighted by atomic mass is 32.2. The Morgan fingerprint density at radius 1 is 1.10 bits per heavy atom. The van der Waals surface area contributed by atoms with Crippen LogP contribution in [0.1, 0.15) is 37.1 Å². The summed E-state index contributed by atoms with van der Waals surface area (Å²) >= 11 is 1.66. The lowest BCUT2D eigenvalue weighted by Gasteiger charge is -2.48. The third-order valence-corrected chi connectivity index (χ3v) is 7.17. The molecular formula is C24H32N4OS. The number of rotatable bonds is 4. The minimum atomic E-state index is 0.0352. The van der Waals surface area contributed by atoms with E-state index in [1.54, 1.807) is 11.8 Å². The number of nitrogens with zero attached hydrogens (tertiary/aromatic N) is 3. The fourth-order valence-corrected chi connectivity index (χ4v) is 5.57. The number of piperidine rings is 2. The highest BCUT2D eigenvalue weighted by molar-refractivity contribution is 7.98. The van der Waals surface area contributed by atoms with E-state index < -0.39 is 0 Å². The Bertz CT molecular complexity index is 885. The van der Waals surface area contributed by atoms with Crippen LogP contribution in [0.15, 0.2) is 47.4 Å². The molecule has 1 atom stereocenters. The van der Waals surface area contributed by atoms with Gasteiger partial charge in [0.2, 0.25) is 0 Å². The van der Waals surface area contributed by atoms with Gasteiger partial charge in [-0.3, -0.25) is 9.88 Å². The minimum Gasteiger partial charge on any atom is -0.324 e. The van der Waals surface area contributed by atoms with Crippen LogP contribution in [0.5, 0.6) is 0 Å². The molecule has 1 N–H and O–H groups in total. The van der Waals surface area contributed by atoms with Gasteiger partial charge in [-0.25, -0.2) is 4.79 Å². The Morgan fingerprint density at radius 3 is 2.70 bits per heavy atom. The summed E-state index contributed by atoms with van der Waals surface area (Å²) in [6.45, 7) is 6.80. The third kappa shape index (κ3) is 4.98. The molecule has 2 fully saturated rings. The quantitative estimate of drug-likeness (QED) is 0.700. The van der Waals surface area contributed by atoms with Gasteiger partial charge in [-0.1, -0.05) is 18.2 Å². The molecule has 0 radical (unpaired) electrons. The van der Waals surface area contributed by atoms with Gasteiger partial charge in [0.15, 0.2) is 0 Å². The van der Waals surface area contributed by atoms with Crippen molar-refractivity contribution in [2.75, 3.05) is 37.8 Å². The number of thioether (sulfide) groups is 1. The summed E-state index contributed by atoms with van der Waals surface area (Å²) in [4.78, 5) is 23.4. The summed E-state index contributed by atoms with van der Waals surface area (Å²) in [5.41, 5.74) is 3.33. The molecular weight excluding hydrogens is 392 g/mol. The Balaban J connectivity index is 1.41. The maximum atomic E-state index is 13.1. The predicted octanol–water partition coefficient (Wildman–Crippen LogP) is 5.02. The number of carbonyl (C=O) groups excluding carboxylic acids is 1. The van der Waals surface area contributed by atoms with Crippen molar-refractivity contribution in [2.45, 2.75) is 44.0 Å². The Hall–Kier alpha value is -2.05. The number of nitrogens with one attached hydrogen (secondary N) is 1. The lowest BCUT2D eigenvalue weighted by Crippen LogP contribution is -2.54. The molecule has 0 bridgehead atoms. The lowest BCUT2D eigenvalue weighted by atomic mass is 9.73. The van der Waals surface area contributed by atoms with E-state index in [2.05, 4.69) is 33.4 Å². The SMILES string of the molecule is CSc1ccccc1NC(=O)N1CCCC2(CCCN(Cc3cccc(C)n3)C2)C1. The number of aromatic nitrogens is 1. The van der Waals surface area contributed by atoms with E-state index in [1.165, 1.54) is 19.3 Å². The normalized spacial score (nSPS) is 22.3. The zero-order valence-corrected chi connectivity index (χ0v) is 18.9. The fraction of sp³-hybridized carbons (Fsp3) is 0.500. The van der Waals surface area contributed by atoms with E-state index in [-0.39, 0.29) is 11.4 Å². The van der Waals surface area contributed by atoms with Crippen LogP contribution in [0.25, 0.3) is 0 Å². The summed E-state index contributed by atoms with van der Waals surface area (Å²) in [5, 5.41) is 3.15. The second kappa shape index (κ2) is 9.40. The molecule has 1 aromatic carbocycles. The Morgan fingerprint density at radius 2 is 1.90 bits per heavy atom. The van der Waals surface area contributed by atoms with E-state index in [0.717, 1.165) is 61.1 Å². The molecule has 1 unspecified atom stereocenters. The first-order valence-electron chi connectivity index (χ1n) is 10.9. The van der Waals surface area contributed by atoms with Crippen LogP contribution in [0, 0.1) is 12.3 Å². The number of anilines is 1. The van der Waals surface area contributed by atoms with Crippen molar-refractivity contribution in [3.05, 3.63) is 53.9 Å². The molecule has 1 spiro atoms. The molecule has 160 valence electrons. The number of urea groups is 1. The molecule has 2 saturated heterocycles. The van der Waals surface area contributed by atoms with Crippen LogP contribution in [0.4, 0.5) is 10.5 Å². The number of carbonyl (C=O) groups is 1. The van der Waals surface area contributed by atoms with Crippen LogP contribution in [0.3, 0.4) is 0 Å². The number of aryl methyl sites for hydroxylation is 1. The largest absolute Gasteiger partial charge is 0.324 e. The van der Waals surface area contributed by atoms with Crippen molar-refractivity contribution < 1.29 is 4.79 Å². The third-order valence-electron chi connectivity index (χ3n) is 6.37. The van der Waals surface area contributed by atoms with Crippen molar-refractivity contribution in [1.82, 2.24) is 14.8 Å². The number of benzene rings is 1. The number of pyridine rings is 1. The molecule has 2 aliphatic heterocycles. The van der Waals surface area contributed by atoms with Crippen LogP contribution >= 0.6 is 11.8 Å². The summed E-state index contributed by atoms with van der Waals surface area (Å²) < 4.78 is 0. The standard InChI is InChI=1S/C24H32N4OS/c1-19-8-5-9-20(25-19)16-27-14-6-12-24(17-27)13-7-15-28(18-24)23(29)26-21-10-3-4-11-22(21)30-2/h3-5,8-11H,6-7,12-18H2,1-2H3,(H,26,29). The Labute approximate surface area is 184 Å². The molecule has 30 heavy (non-hydrogen) atoms. The van der Waals surface area contributed by atoms with Crippen LogP contribution in [-0.4, -0.2) is 53.2 Å². The average Bonchev–Trinajstić information content (AvgIpc) is 2.74. The van der Waals surface area contributed by atoms with E-state index in [4.69, 9.17) is 0 Å². The molecule has 2 aliphatic rings. The van der Waals surface area contributed by atoms with Gasteiger partial charge < -0.3 is 10.2 Å². The summed E-state index contributed by atoms with van der Waals surface area (Å²) in [6, 6.07) is 14.3. The van der Waals surface area contributed by atoms with Crippen molar-refractivity contribution in [2.24, 2.45) is 5.41 Å². The molecule has 1 aromatic heterocycles. The number of para-hydroxylation sites is 1. The Kier molecular flexibility index (Phi) is 6.64. The highest BCUT2D eigenvalue weighted by Crippen LogP contribution is 2.39. The smallest absolute Gasteiger partial charge is 0.321 e. The van der Waals surface area contributed by atoms with Crippen LogP contribution in [0.2, 0.25) is 0 Å². The fourth-order valence-electron chi connectivity index (χ4n) is 5.02. The maximum absolute atomic E-state index is 13.1. The first kappa shape index (κ1) is 21.2. The highest BCUT2D eigenvalue weighted by Gasteiger charge is 2.40. The van der Waals surface area contributed by atoms with Crippen LogP contribution in [-0.2, 0) is 6.54 Å². The molecule has 0 aliphatic carbocycles. The van der Waals surface area contributed by atoms with Crippen molar-refractivity contribution in [3.63, 3.8) is 0 Å². The van der Waals surface area contributed by atoms with Crippen molar-refractivity contribution in [1.29, 1.82) is 0 Å². The van der Waals surface area contributed by atoms with Gasteiger partial charge in [0.1, 0.15) is 0 Å². The molecule has 2 aromatic rings. The molecule has 6 heteroatoms. The average molecular weight is 425 g/mol. The van der Waals surface area contributed by atoms with Crippen molar-refractivity contribution >= 4 is 23.5 Å². The topological polar surface area (TPSA) is 48.5 Å². The molecule has 0 saturated carbocycles. The maximum Gasteiger partial charge on any atom is 0.321 e. The predicted molar refractivity (Wildman–Crippen MR) is 124 cm³/mol. The van der Waals surface area contributed by atoms with Gasteiger partial charge in [0.25, 0.3) is 0 Å². The monoisotopic (exact) mass is 424 g/mol. The van der Waals surface area contributed by atoms with E-state index >= 15 is 0 Å². The van der Waals surface area contributed by atoms with Gasteiger partial charge in [-0.05, 0) is 69.7 Å². The minimum absolute atomic E-state index is 0.0352. The van der Waals surface area contributed by atoms with Gasteiger partial charge >= 0.3 is 6.03 Å².